The monoisotopic (exact) mass is 356 g/mol. The molecule has 1 amide bonds. The number of H-pyrrole nitrogens is 1. The van der Waals surface area contributed by atoms with Crippen molar-refractivity contribution in [1.82, 2.24) is 20.5 Å². The summed E-state index contributed by atoms with van der Waals surface area (Å²) in [5.41, 5.74) is 2.89. The molecular formula is C17H16N4O3S. The average Bonchev–Trinajstić information content (AvgIpc) is 3.31. The van der Waals surface area contributed by atoms with Gasteiger partial charge in [-0.05, 0) is 38.1 Å². The van der Waals surface area contributed by atoms with Crippen molar-refractivity contribution in [3.8, 4) is 22.8 Å². The number of aryl methyl sites for hydroxylation is 2. The molecule has 1 aromatic carbocycles. The van der Waals surface area contributed by atoms with Crippen molar-refractivity contribution in [3.63, 3.8) is 0 Å². The van der Waals surface area contributed by atoms with Crippen LogP contribution in [0.25, 0.3) is 11.3 Å². The van der Waals surface area contributed by atoms with Gasteiger partial charge in [0.05, 0.1) is 22.9 Å². The van der Waals surface area contributed by atoms with Gasteiger partial charge in [-0.3, -0.25) is 9.89 Å². The van der Waals surface area contributed by atoms with Crippen molar-refractivity contribution in [2.45, 2.75) is 20.4 Å². The number of rotatable bonds is 4. The van der Waals surface area contributed by atoms with E-state index in [4.69, 9.17) is 9.47 Å². The number of benzene rings is 1. The highest BCUT2D eigenvalue weighted by Gasteiger charge is 2.16. The Labute approximate surface area is 148 Å². The van der Waals surface area contributed by atoms with Gasteiger partial charge in [-0.2, -0.15) is 5.10 Å². The lowest BCUT2D eigenvalue weighted by atomic mass is 10.1. The Bertz CT molecular complexity index is 947. The molecule has 0 bridgehead atoms. The molecule has 7 nitrogen and oxygen atoms in total. The van der Waals surface area contributed by atoms with Crippen LogP contribution in [-0.4, -0.2) is 27.9 Å². The molecule has 0 radical (unpaired) electrons. The number of hydrogen-bond donors (Lipinski definition) is 2. The molecule has 0 saturated carbocycles. The van der Waals surface area contributed by atoms with Crippen LogP contribution in [0.15, 0.2) is 24.3 Å². The van der Waals surface area contributed by atoms with E-state index in [0.29, 0.717) is 29.4 Å². The topological polar surface area (TPSA) is 89.1 Å². The Morgan fingerprint density at radius 2 is 2.12 bits per heavy atom. The number of hydrogen-bond acceptors (Lipinski definition) is 6. The maximum absolute atomic E-state index is 12.3. The van der Waals surface area contributed by atoms with Gasteiger partial charge in [0.2, 0.25) is 6.79 Å². The summed E-state index contributed by atoms with van der Waals surface area (Å²) < 4.78 is 10.7. The van der Waals surface area contributed by atoms with Gasteiger partial charge in [-0.15, -0.1) is 11.3 Å². The summed E-state index contributed by atoms with van der Waals surface area (Å²) in [6.07, 6.45) is 0. The van der Waals surface area contributed by atoms with Crippen LogP contribution in [0.1, 0.15) is 26.1 Å². The highest BCUT2D eigenvalue weighted by atomic mass is 32.1. The summed E-state index contributed by atoms with van der Waals surface area (Å²) in [4.78, 5) is 17.7. The Morgan fingerprint density at radius 1 is 1.28 bits per heavy atom. The molecule has 4 rings (SSSR count). The first-order valence-electron chi connectivity index (χ1n) is 7.76. The first-order chi connectivity index (χ1) is 12.1. The Balaban J connectivity index is 1.47. The predicted octanol–water partition coefficient (Wildman–Crippen LogP) is 2.81. The van der Waals surface area contributed by atoms with Crippen molar-refractivity contribution < 1.29 is 14.3 Å². The van der Waals surface area contributed by atoms with Crippen LogP contribution in [0.2, 0.25) is 0 Å². The average molecular weight is 356 g/mol. The summed E-state index contributed by atoms with van der Waals surface area (Å²) >= 11 is 1.59. The van der Waals surface area contributed by atoms with Crippen molar-refractivity contribution in [2.24, 2.45) is 0 Å². The Hall–Kier alpha value is -2.87. The highest BCUT2D eigenvalue weighted by molar-refractivity contribution is 7.11. The third-order valence-electron chi connectivity index (χ3n) is 3.90. The molecule has 128 valence electrons. The summed E-state index contributed by atoms with van der Waals surface area (Å²) in [5.74, 6) is 1.19. The number of nitrogens with one attached hydrogen (secondary N) is 2. The molecule has 3 aromatic rings. The molecular weight excluding hydrogens is 340 g/mol. The van der Waals surface area contributed by atoms with Crippen LogP contribution in [-0.2, 0) is 6.54 Å². The zero-order valence-corrected chi connectivity index (χ0v) is 14.6. The molecule has 0 atom stereocenters. The molecule has 0 aliphatic carbocycles. The zero-order valence-electron chi connectivity index (χ0n) is 13.8. The minimum absolute atomic E-state index is 0.204. The summed E-state index contributed by atoms with van der Waals surface area (Å²) in [5, 5.41) is 10.9. The number of carbonyl (C=O) groups is 1. The van der Waals surface area contributed by atoms with Crippen molar-refractivity contribution >= 4 is 17.2 Å². The number of thiazole rings is 1. The van der Waals surface area contributed by atoms with E-state index in [0.717, 1.165) is 21.1 Å². The molecule has 25 heavy (non-hydrogen) atoms. The van der Waals surface area contributed by atoms with Gasteiger partial charge in [0, 0.05) is 10.4 Å². The van der Waals surface area contributed by atoms with Gasteiger partial charge in [0.1, 0.15) is 5.69 Å². The molecule has 0 saturated heterocycles. The van der Waals surface area contributed by atoms with Gasteiger partial charge in [-0.25, -0.2) is 4.98 Å². The number of aromatic nitrogens is 3. The van der Waals surface area contributed by atoms with Crippen LogP contribution >= 0.6 is 11.3 Å². The quantitative estimate of drug-likeness (QED) is 0.750. The second-order valence-electron chi connectivity index (χ2n) is 5.66. The number of carbonyl (C=O) groups excluding carboxylic acids is 1. The molecule has 1 aliphatic rings. The van der Waals surface area contributed by atoms with E-state index in [1.165, 1.54) is 0 Å². The normalized spacial score (nSPS) is 12.4. The van der Waals surface area contributed by atoms with Crippen LogP contribution in [0, 0.1) is 13.8 Å². The van der Waals surface area contributed by atoms with Gasteiger partial charge in [0.25, 0.3) is 5.91 Å². The van der Waals surface area contributed by atoms with Crippen molar-refractivity contribution in [1.29, 1.82) is 0 Å². The van der Waals surface area contributed by atoms with E-state index >= 15 is 0 Å². The molecule has 8 heteroatoms. The lowest BCUT2D eigenvalue weighted by molar-refractivity contribution is 0.0946. The van der Waals surface area contributed by atoms with Crippen molar-refractivity contribution in [2.75, 3.05) is 6.79 Å². The Morgan fingerprint density at radius 3 is 2.92 bits per heavy atom. The van der Waals surface area contributed by atoms with Gasteiger partial charge < -0.3 is 14.8 Å². The number of ether oxygens (including phenoxy) is 2. The minimum atomic E-state index is -0.204. The number of nitrogens with zero attached hydrogens (tertiary/aromatic N) is 2. The van der Waals surface area contributed by atoms with Crippen LogP contribution in [0.5, 0.6) is 11.5 Å². The van der Waals surface area contributed by atoms with E-state index in [2.05, 4.69) is 20.5 Å². The summed E-state index contributed by atoms with van der Waals surface area (Å²) in [6, 6.07) is 7.29. The fourth-order valence-electron chi connectivity index (χ4n) is 2.64. The summed E-state index contributed by atoms with van der Waals surface area (Å²) in [7, 11) is 0. The second-order valence-corrected chi connectivity index (χ2v) is 6.95. The lowest BCUT2D eigenvalue weighted by Gasteiger charge is -2.01. The standard InChI is InChI=1S/C17H16N4O3S/c1-9-16(25-10(2)19-9)7-18-17(22)13-6-12(20-21-13)11-3-4-14-15(5-11)24-8-23-14/h3-6H,7-8H2,1-2H3,(H,18,22)(H,20,21). The summed E-state index contributed by atoms with van der Waals surface area (Å²) in [6.45, 7) is 4.58. The smallest absolute Gasteiger partial charge is 0.269 e. The third kappa shape index (κ3) is 3.08. The molecule has 0 unspecified atom stereocenters. The molecule has 2 N–H and O–H groups in total. The van der Waals surface area contributed by atoms with E-state index in [1.54, 1.807) is 17.4 Å². The predicted molar refractivity (Wildman–Crippen MR) is 92.9 cm³/mol. The van der Waals surface area contributed by atoms with Gasteiger partial charge in [0.15, 0.2) is 11.5 Å². The maximum Gasteiger partial charge on any atom is 0.269 e. The molecule has 3 heterocycles. The van der Waals surface area contributed by atoms with Crippen LogP contribution in [0.3, 0.4) is 0 Å². The third-order valence-corrected chi connectivity index (χ3v) is 4.97. The molecule has 2 aromatic heterocycles. The van der Waals surface area contributed by atoms with E-state index in [1.807, 2.05) is 32.0 Å². The number of fused-ring (bicyclic) bond motifs is 1. The van der Waals surface area contributed by atoms with Crippen LogP contribution in [0.4, 0.5) is 0 Å². The zero-order chi connectivity index (χ0) is 17.4. The maximum atomic E-state index is 12.3. The highest BCUT2D eigenvalue weighted by Crippen LogP contribution is 2.35. The first-order valence-corrected chi connectivity index (χ1v) is 8.58. The lowest BCUT2D eigenvalue weighted by Crippen LogP contribution is -2.23. The fraction of sp³-hybridized carbons (Fsp3) is 0.235. The second kappa shape index (κ2) is 6.21. The first kappa shape index (κ1) is 15.6. The molecule has 0 spiro atoms. The van der Waals surface area contributed by atoms with E-state index in [9.17, 15) is 4.79 Å². The van der Waals surface area contributed by atoms with Crippen molar-refractivity contribution in [3.05, 3.63) is 45.5 Å². The van der Waals surface area contributed by atoms with Gasteiger partial charge in [-0.1, -0.05) is 0 Å². The van der Waals surface area contributed by atoms with Crippen LogP contribution < -0.4 is 14.8 Å². The Kier molecular flexibility index (Phi) is 3.89. The number of aromatic amines is 1. The fourth-order valence-corrected chi connectivity index (χ4v) is 3.51. The number of amides is 1. The van der Waals surface area contributed by atoms with E-state index in [-0.39, 0.29) is 12.7 Å². The molecule has 1 aliphatic heterocycles. The van der Waals surface area contributed by atoms with E-state index < -0.39 is 0 Å². The minimum Gasteiger partial charge on any atom is -0.454 e. The molecule has 0 fully saturated rings. The van der Waals surface area contributed by atoms with Gasteiger partial charge >= 0.3 is 0 Å². The SMILES string of the molecule is Cc1nc(C)c(CNC(=O)c2cc(-c3ccc4c(c3)OCO4)n[nH]2)s1. The largest absolute Gasteiger partial charge is 0.454 e.